The van der Waals surface area contributed by atoms with Gasteiger partial charge in [0.2, 0.25) is 5.91 Å². The quantitative estimate of drug-likeness (QED) is 0.349. The van der Waals surface area contributed by atoms with Crippen LogP contribution in [-0.2, 0) is 0 Å². The van der Waals surface area contributed by atoms with E-state index in [2.05, 4.69) is 5.32 Å². The Kier molecular flexibility index (Phi) is 8.18. The largest absolute Gasteiger partial charge is 0.504 e. The molecule has 0 aliphatic heterocycles. The van der Waals surface area contributed by atoms with Gasteiger partial charge in [-0.1, -0.05) is 6.07 Å². The first-order valence-corrected chi connectivity index (χ1v) is 7.82. The predicted octanol–water partition coefficient (Wildman–Crippen LogP) is 1.63. The first-order valence-electron chi connectivity index (χ1n) is 7.82. The van der Waals surface area contributed by atoms with Crippen LogP contribution in [-0.4, -0.2) is 40.9 Å². The van der Waals surface area contributed by atoms with Gasteiger partial charge in [0.05, 0.1) is 6.10 Å². The highest BCUT2D eigenvalue weighted by Gasteiger charge is 2.10. The Morgan fingerprint density at radius 3 is 2.54 bits per heavy atom. The Hall–Kier alpha value is -2.48. The first-order chi connectivity index (χ1) is 11.9. The molecule has 0 saturated heterocycles. The van der Waals surface area contributed by atoms with Gasteiger partial charge in [-0.15, -0.1) is 12.4 Å². The zero-order chi connectivity index (χ0) is 18.4. The van der Waals surface area contributed by atoms with E-state index in [4.69, 9.17) is 10.5 Å². The van der Waals surface area contributed by atoms with Gasteiger partial charge in [-0.25, -0.2) is 0 Å². The second kappa shape index (κ2) is 9.86. The number of phenols is 2. The number of aliphatic hydroxyl groups excluding tert-OH is 1. The van der Waals surface area contributed by atoms with Gasteiger partial charge in [-0.3, -0.25) is 4.79 Å². The molecule has 2 aromatic carbocycles. The summed E-state index contributed by atoms with van der Waals surface area (Å²) in [5.41, 5.74) is 6.97. The third-order valence-electron chi connectivity index (χ3n) is 3.72. The van der Waals surface area contributed by atoms with E-state index in [-0.39, 0.29) is 30.5 Å². The van der Waals surface area contributed by atoms with Crippen LogP contribution in [0.15, 0.2) is 36.4 Å². The molecule has 26 heavy (non-hydrogen) atoms. The zero-order valence-corrected chi connectivity index (χ0v) is 15.1. The lowest BCUT2D eigenvalue weighted by atomic mass is 10.1. The maximum atomic E-state index is 11.1. The Labute approximate surface area is 157 Å². The van der Waals surface area contributed by atoms with Gasteiger partial charge >= 0.3 is 0 Å². The highest BCUT2D eigenvalue weighted by Crippen LogP contribution is 2.27. The molecule has 6 N–H and O–H groups in total. The Balaban J connectivity index is 0.00000338. The molecule has 2 aromatic rings. The van der Waals surface area contributed by atoms with Crippen LogP contribution < -0.4 is 15.8 Å². The molecule has 0 aliphatic carbocycles. The van der Waals surface area contributed by atoms with Gasteiger partial charge < -0.3 is 31.1 Å². The van der Waals surface area contributed by atoms with Crippen LogP contribution in [0.3, 0.4) is 0 Å². The van der Waals surface area contributed by atoms with E-state index in [9.17, 15) is 20.1 Å². The fourth-order valence-corrected chi connectivity index (χ4v) is 2.30. The summed E-state index contributed by atoms with van der Waals surface area (Å²) < 4.78 is 5.62. The summed E-state index contributed by atoms with van der Waals surface area (Å²) in [5, 5.41) is 31.8. The average molecular weight is 383 g/mol. The van der Waals surface area contributed by atoms with Crippen LogP contribution in [0.1, 0.15) is 27.6 Å². The fourth-order valence-electron chi connectivity index (χ4n) is 2.30. The average Bonchev–Trinajstić information content (AvgIpc) is 2.57. The third-order valence-corrected chi connectivity index (χ3v) is 3.72. The van der Waals surface area contributed by atoms with Crippen molar-refractivity contribution in [3.8, 4) is 17.2 Å². The maximum absolute atomic E-state index is 11.1. The number of nitrogens with two attached hydrogens (primary N) is 1. The number of nitrogens with one attached hydrogen (secondary N) is 1. The number of primary amides is 1. The molecule has 0 aliphatic rings. The predicted molar refractivity (Wildman–Crippen MR) is 100 cm³/mol. The lowest BCUT2D eigenvalue weighted by Gasteiger charge is -2.14. The lowest BCUT2D eigenvalue weighted by Crippen LogP contribution is -2.26. The molecule has 142 valence electrons. The second-order valence-corrected chi connectivity index (χ2v) is 5.66. The van der Waals surface area contributed by atoms with Crippen LogP contribution in [0.25, 0.3) is 0 Å². The van der Waals surface area contributed by atoms with Crippen molar-refractivity contribution in [3.05, 3.63) is 53.1 Å². The smallest absolute Gasteiger partial charge is 0.248 e. The fraction of sp³-hybridized carbons (Fsp3) is 0.278. The van der Waals surface area contributed by atoms with Crippen LogP contribution >= 0.6 is 12.4 Å². The molecule has 0 bridgehead atoms. The van der Waals surface area contributed by atoms with Gasteiger partial charge in [0.25, 0.3) is 0 Å². The van der Waals surface area contributed by atoms with Crippen LogP contribution in [0.2, 0.25) is 0 Å². The molecule has 0 aromatic heterocycles. The molecule has 7 nitrogen and oxygen atoms in total. The number of phenolic OH excluding ortho intramolecular Hbond substituents is 2. The van der Waals surface area contributed by atoms with Crippen molar-refractivity contribution in [2.45, 2.75) is 13.0 Å². The van der Waals surface area contributed by atoms with Crippen LogP contribution in [0.4, 0.5) is 0 Å². The number of carbonyl (C=O) groups is 1. The normalized spacial score (nSPS) is 11.5. The number of hydrogen-bond donors (Lipinski definition) is 5. The van der Waals surface area contributed by atoms with E-state index in [0.29, 0.717) is 30.0 Å². The van der Waals surface area contributed by atoms with Crippen molar-refractivity contribution in [2.75, 3.05) is 19.7 Å². The Morgan fingerprint density at radius 2 is 1.92 bits per heavy atom. The van der Waals surface area contributed by atoms with Gasteiger partial charge in [0, 0.05) is 18.7 Å². The number of aromatic hydroxyl groups is 2. The zero-order valence-electron chi connectivity index (χ0n) is 14.3. The summed E-state index contributed by atoms with van der Waals surface area (Å²) in [6, 6.07) is 9.17. The van der Waals surface area contributed by atoms with E-state index >= 15 is 0 Å². The SMILES string of the molecule is Cc1cc(C(N)=O)ccc1OCCNCC(O)c1ccc(O)c(O)c1.Cl. The summed E-state index contributed by atoms with van der Waals surface area (Å²) in [6.45, 7) is 2.98. The topological polar surface area (TPSA) is 125 Å². The minimum atomic E-state index is -0.817. The molecule has 1 amide bonds. The number of carbonyl (C=O) groups excluding carboxylic acids is 1. The third kappa shape index (κ3) is 5.80. The van der Waals surface area contributed by atoms with Crippen molar-refractivity contribution in [3.63, 3.8) is 0 Å². The molecule has 0 radical (unpaired) electrons. The molecule has 0 fully saturated rings. The molecule has 0 saturated carbocycles. The number of halogens is 1. The second-order valence-electron chi connectivity index (χ2n) is 5.66. The summed E-state index contributed by atoms with van der Waals surface area (Å²) >= 11 is 0. The van der Waals surface area contributed by atoms with Gasteiger partial charge in [0.1, 0.15) is 12.4 Å². The molecule has 0 spiro atoms. The minimum absolute atomic E-state index is 0. The number of aryl methyl sites for hydroxylation is 1. The standard InChI is InChI=1S/C18H22N2O5.ClH/c1-11-8-13(18(19)24)3-5-17(11)25-7-6-20-10-16(23)12-2-4-14(21)15(22)9-12;/h2-5,8-9,16,20-23H,6-7,10H2,1H3,(H2,19,24);1H. The Morgan fingerprint density at radius 1 is 1.19 bits per heavy atom. The maximum Gasteiger partial charge on any atom is 0.248 e. The summed E-state index contributed by atoms with van der Waals surface area (Å²) in [7, 11) is 0. The van der Waals surface area contributed by atoms with E-state index < -0.39 is 12.0 Å². The van der Waals surface area contributed by atoms with Gasteiger partial charge in [0.15, 0.2) is 11.5 Å². The summed E-state index contributed by atoms with van der Waals surface area (Å²) in [6.07, 6.45) is -0.817. The molecule has 1 unspecified atom stereocenters. The molecular formula is C18H23ClN2O5. The van der Waals surface area contributed by atoms with Gasteiger partial charge in [-0.2, -0.15) is 0 Å². The summed E-state index contributed by atoms with van der Waals surface area (Å²) in [5.74, 6) is -0.314. The highest BCUT2D eigenvalue weighted by atomic mass is 35.5. The minimum Gasteiger partial charge on any atom is -0.504 e. The molecule has 8 heteroatoms. The van der Waals surface area contributed by atoms with Crippen LogP contribution in [0.5, 0.6) is 17.2 Å². The number of benzene rings is 2. The van der Waals surface area contributed by atoms with Crippen molar-refractivity contribution in [1.82, 2.24) is 5.32 Å². The number of rotatable bonds is 8. The highest BCUT2D eigenvalue weighted by molar-refractivity contribution is 5.93. The van der Waals surface area contributed by atoms with Crippen molar-refractivity contribution in [2.24, 2.45) is 5.73 Å². The number of aliphatic hydroxyl groups is 1. The summed E-state index contributed by atoms with van der Waals surface area (Å²) in [4.78, 5) is 11.1. The first kappa shape index (κ1) is 21.6. The van der Waals surface area contributed by atoms with E-state index in [0.717, 1.165) is 5.56 Å². The molecule has 0 heterocycles. The van der Waals surface area contributed by atoms with Crippen molar-refractivity contribution in [1.29, 1.82) is 0 Å². The Bertz CT molecular complexity index is 754. The lowest BCUT2D eigenvalue weighted by molar-refractivity contribution is 0.1000. The molecule has 2 rings (SSSR count). The van der Waals surface area contributed by atoms with Crippen molar-refractivity contribution < 1.29 is 24.9 Å². The number of ether oxygens (including phenoxy) is 1. The van der Waals surface area contributed by atoms with Crippen LogP contribution in [0, 0.1) is 6.92 Å². The van der Waals surface area contributed by atoms with E-state index in [1.54, 1.807) is 24.3 Å². The van der Waals surface area contributed by atoms with Gasteiger partial charge in [-0.05, 0) is 48.4 Å². The number of amides is 1. The molecule has 1 atom stereocenters. The van der Waals surface area contributed by atoms with Crippen molar-refractivity contribution >= 4 is 18.3 Å². The number of hydrogen-bond acceptors (Lipinski definition) is 6. The van der Waals surface area contributed by atoms with E-state index in [1.165, 1.54) is 12.1 Å². The van der Waals surface area contributed by atoms with E-state index in [1.807, 2.05) is 6.92 Å². The monoisotopic (exact) mass is 382 g/mol. The molecular weight excluding hydrogens is 360 g/mol.